The van der Waals surface area contributed by atoms with Crippen LogP contribution in [-0.4, -0.2) is 24.4 Å². The largest absolute Gasteiger partial charge is 0.277 e. The van der Waals surface area contributed by atoms with Crippen molar-refractivity contribution in [2.45, 2.75) is 19.8 Å². The van der Waals surface area contributed by atoms with E-state index < -0.39 is 0 Å². The van der Waals surface area contributed by atoms with Crippen molar-refractivity contribution < 1.29 is 9.59 Å². The minimum absolute atomic E-state index is 0.490. The van der Waals surface area contributed by atoms with Crippen molar-refractivity contribution in [2.75, 3.05) is 6.54 Å². The van der Waals surface area contributed by atoms with Gasteiger partial charge in [0.2, 0.25) is 12.8 Å². The Labute approximate surface area is 60.2 Å². The Balaban J connectivity index is 3.38. The van der Waals surface area contributed by atoms with Crippen molar-refractivity contribution in [1.29, 1.82) is 0 Å². The Hall–Kier alpha value is -1.06. The Morgan fingerprint density at radius 2 is 2.20 bits per heavy atom. The van der Waals surface area contributed by atoms with E-state index in [1.807, 2.05) is 6.92 Å². The van der Waals surface area contributed by atoms with Crippen LogP contribution < -0.4 is 5.43 Å². The fourth-order valence-corrected chi connectivity index (χ4v) is 0.544. The number of nitrogens with one attached hydrogen (secondary N) is 1. The molecule has 1 N–H and O–H groups in total. The Bertz CT molecular complexity index is 106. The highest BCUT2D eigenvalue weighted by molar-refractivity contribution is 5.53. The van der Waals surface area contributed by atoms with Gasteiger partial charge >= 0.3 is 0 Å². The summed E-state index contributed by atoms with van der Waals surface area (Å²) in [6.45, 7) is 2.60. The summed E-state index contributed by atoms with van der Waals surface area (Å²) >= 11 is 0. The molecule has 0 aromatic heterocycles. The average molecular weight is 144 g/mol. The van der Waals surface area contributed by atoms with Gasteiger partial charge in [-0.2, -0.15) is 0 Å². The molecule has 4 heteroatoms. The molecule has 0 aromatic carbocycles. The van der Waals surface area contributed by atoms with Crippen molar-refractivity contribution in [1.82, 2.24) is 10.4 Å². The van der Waals surface area contributed by atoms with E-state index in [1.54, 1.807) is 0 Å². The molecule has 0 aromatic rings. The molecule has 0 saturated heterocycles. The first-order valence-corrected chi connectivity index (χ1v) is 3.27. The second-order valence-electron chi connectivity index (χ2n) is 1.90. The van der Waals surface area contributed by atoms with E-state index in [-0.39, 0.29) is 0 Å². The van der Waals surface area contributed by atoms with Crippen molar-refractivity contribution in [2.24, 2.45) is 0 Å². The van der Waals surface area contributed by atoms with Crippen LogP contribution in [0, 0.1) is 0 Å². The van der Waals surface area contributed by atoms with Gasteiger partial charge in [0.1, 0.15) is 0 Å². The lowest BCUT2D eigenvalue weighted by Gasteiger charge is -2.13. The monoisotopic (exact) mass is 144 g/mol. The second-order valence-corrected chi connectivity index (χ2v) is 1.90. The van der Waals surface area contributed by atoms with Crippen molar-refractivity contribution in [3.05, 3.63) is 0 Å². The number of hydrazine groups is 1. The first kappa shape index (κ1) is 8.94. The molecule has 58 valence electrons. The van der Waals surface area contributed by atoms with E-state index in [2.05, 4.69) is 5.43 Å². The molecule has 0 atom stereocenters. The number of hydrogen-bond acceptors (Lipinski definition) is 2. The van der Waals surface area contributed by atoms with E-state index in [0.29, 0.717) is 19.4 Å². The van der Waals surface area contributed by atoms with Crippen molar-refractivity contribution in [3.63, 3.8) is 0 Å². The molecule has 0 spiro atoms. The summed E-state index contributed by atoms with van der Waals surface area (Å²) in [6.07, 6.45) is 3.00. The summed E-state index contributed by atoms with van der Waals surface area (Å²) < 4.78 is 0. The van der Waals surface area contributed by atoms with Crippen LogP contribution in [0.15, 0.2) is 0 Å². The maximum absolute atomic E-state index is 10.1. The summed E-state index contributed by atoms with van der Waals surface area (Å²) in [5.74, 6) is 0. The first-order valence-electron chi connectivity index (χ1n) is 3.27. The molecular formula is C6H12N2O2. The summed E-state index contributed by atoms with van der Waals surface area (Å²) in [5.41, 5.74) is 2.25. The highest BCUT2D eigenvalue weighted by Crippen LogP contribution is 1.86. The van der Waals surface area contributed by atoms with E-state index in [1.165, 1.54) is 5.01 Å². The predicted molar refractivity (Wildman–Crippen MR) is 36.9 cm³/mol. The van der Waals surface area contributed by atoms with Crippen LogP contribution >= 0.6 is 0 Å². The van der Waals surface area contributed by atoms with Gasteiger partial charge in [0.25, 0.3) is 0 Å². The third-order valence-corrected chi connectivity index (χ3v) is 1.10. The molecule has 0 bridgehead atoms. The molecule has 10 heavy (non-hydrogen) atoms. The Morgan fingerprint density at radius 1 is 1.50 bits per heavy atom. The van der Waals surface area contributed by atoms with Crippen LogP contribution in [-0.2, 0) is 9.59 Å². The molecule has 4 nitrogen and oxygen atoms in total. The van der Waals surface area contributed by atoms with Gasteiger partial charge in [0.05, 0.1) is 0 Å². The second kappa shape index (κ2) is 6.07. The number of hydrogen-bond donors (Lipinski definition) is 1. The summed E-state index contributed by atoms with van der Waals surface area (Å²) in [7, 11) is 0. The van der Waals surface area contributed by atoms with E-state index >= 15 is 0 Å². The lowest BCUT2D eigenvalue weighted by molar-refractivity contribution is -0.127. The summed E-state index contributed by atoms with van der Waals surface area (Å²) in [5, 5.41) is 1.22. The fourth-order valence-electron chi connectivity index (χ4n) is 0.544. The average Bonchev–Trinajstić information content (AvgIpc) is 1.98. The molecule has 2 amide bonds. The van der Waals surface area contributed by atoms with Gasteiger partial charge < -0.3 is 0 Å². The van der Waals surface area contributed by atoms with Crippen LogP contribution in [0.1, 0.15) is 19.8 Å². The van der Waals surface area contributed by atoms with Gasteiger partial charge in [0, 0.05) is 6.54 Å². The minimum atomic E-state index is 0.490. The van der Waals surface area contributed by atoms with Crippen molar-refractivity contribution >= 4 is 12.8 Å². The number of amides is 2. The number of carbonyl (C=O) groups is 2. The smallest absolute Gasteiger partial charge is 0.228 e. The SMILES string of the molecule is CCCCN(C=O)NC=O. The Kier molecular flexibility index (Phi) is 5.42. The lowest BCUT2D eigenvalue weighted by Crippen LogP contribution is -2.36. The quantitative estimate of drug-likeness (QED) is 0.418. The van der Waals surface area contributed by atoms with Gasteiger partial charge in [-0.25, -0.2) is 0 Å². The highest BCUT2D eigenvalue weighted by Gasteiger charge is 1.95. The minimum Gasteiger partial charge on any atom is -0.277 e. The summed E-state index contributed by atoms with van der Waals surface area (Å²) in [4.78, 5) is 19.9. The van der Waals surface area contributed by atoms with Crippen molar-refractivity contribution in [3.8, 4) is 0 Å². The fraction of sp³-hybridized carbons (Fsp3) is 0.667. The van der Waals surface area contributed by atoms with E-state index in [4.69, 9.17) is 0 Å². The standard InChI is InChI=1S/C6H12N2O2/c1-2-3-4-8(6-10)7-5-9/h5-6H,2-4H2,1H3,(H,7,9). The molecule has 0 saturated carbocycles. The molecule has 0 heterocycles. The zero-order valence-corrected chi connectivity index (χ0v) is 6.04. The maximum atomic E-state index is 10.1. The van der Waals surface area contributed by atoms with Crippen LogP contribution in [0.2, 0.25) is 0 Å². The maximum Gasteiger partial charge on any atom is 0.228 e. The zero-order chi connectivity index (χ0) is 7.82. The predicted octanol–water partition coefficient (Wildman–Crippen LogP) is -0.0941. The van der Waals surface area contributed by atoms with Gasteiger partial charge in [-0.05, 0) is 6.42 Å². The Morgan fingerprint density at radius 3 is 2.60 bits per heavy atom. The van der Waals surface area contributed by atoms with E-state index in [9.17, 15) is 9.59 Å². The molecule has 0 unspecified atom stereocenters. The lowest BCUT2D eigenvalue weighted by atomic mass is 10.3. The van der Waals surface area contributed by atoms with Crippen LogP contribution in [0.5, 0.6) is 0 Å². The third kappa shape index (κ3) is 3.88. The third-order valence-electron chi connectivity index (χ3n) is 1.10. The summed E-state index contributed by atoms with van der Waals surface area (Å²) in [6, 6.07) is 0. The molecule has 0 aliphatic heterocycles. The van der Waals surface area contributed by atoms with E-state index in [0.717, 1.165) is 12.8 Å². The van der Waals surface area contributed by atoms with Gasteiger partial charge in [-0.15, -0.1) is 0 Å². The molecule has 0 rings (SSSR count). The molecule has 0 aliphatic rings. The molecule has 0 fully saturated rings. The van der Waals surface area contributed by atoms with Gasteiger partial charge in [0.15, 0.2) is 0 Å². The topological polar surface area (TPSA) is 49.4 Å². The first-order chi connectivity index (χ1) is 4.85. The number of unbranched alkanes of at least 4 members (excludes halogenated alkanes) is 1. The molecule has 0 radical (unpaired) electrons. The number of nitrogens with zero attached hydrogens (tertiary/aromatic N) is 1. The van der Waals surface area contributed by atoms with Gasteiger partial charge in [-0.1, -0.05) is 13.3 Å². The van der Waals surface area contributed by atoms with Crippen LogP contribution in [0.4, 0.5) is 0 Å². The highest BCUT2D eigenvalue weighted by atomic mass is 16.2. The van der Waals surface area contributed by atoms with Gasteiger partial charge in [-0.3, -0.25) is 20.0 Å². The number of rotatable bonds is 6. The zero-order valence-electron chi connectivity index (χ0n) is 6.04. The van der Waals surface area contributed by atoms with Crippen LogP contribution in [0.25, 0.3) is 0 Å². The number of carbonyl (C=O) groups excluding carboxylic acids is 2. The normalized spacial score (nSPS) is 8.50. The van der Waals surface area contributed by atoms with Crippen LogP contribution in [0.3, 0.4) is 0 Å². The molecule has 0 aliphatic carbocycles. The molecular weight excluding hydrogens is 132 g/mol.